The lowest BCUT2D eigenvalue weighted by atomic mass is 9.82. The van der Waals surface area contributed by atoms with E-state index in [0.29, 0.717) is 6.04 Å². The van der Waals surface area contributed by atoms with Crippen LogP contribution in [0.2, 0.25) is 0 Å². The topological polar surface area (TPSA) is 15.3 Å². The van der Waals surface area contributed by atoms with E-state index >= 15 is 0 Å². The Kier molecular flexibility index (Phi) is 4.97. The van der Waals surface area contributed by atoms with Crippen molar-refractivity contribution in [3.8, 4) is 0 Å². The van der Waals surface area contributed by atoms with Crippen LogP contribution in [0.5, 0.6) is 0 Å². The van der Waals surface area contributed by atoms with Gasteiger partial charge in [0.2, 0.25) is 0 Å². The minimum absolute atomic E-state index is 0.620. The third kappa shape index (κ3) is 3.87. The Bertz CT molecular complexity index is 451. The zero-order valence-electron chi connectivity index (χ0n) is 13.6. The van der Waals surface area contributed by atoms with Crippen LogP contribution in [0, 0.1) is 12.8 Å². The number of rotatable bonds is 3. The van der Waals surface area contributed by atoms with Gasteiger partial charge in [0, 0.05) is 31.7 Å². The first-order chi connectivity index (χ1) is 10.2. The minimum atomic E-state index is 0.620. The van der Waals surface area contributed by atoms with Gasteiger partial charge in [-0.3, -0.25) is 4.90 Å². The second kappa shape index (κ2) is 6.93. The molecule has 0 amide bonds. The Balaban J connectivity index is 1.71. The predicted octanol–water partition coefficient (Wildman–Crippen LogP) is 3.74. The van der Waals surface area contributed by atoms with Crippen molar-refractivity contribution < 1.29 is 0 Å². The highest BCUT2D eigenvalue weighted by atomic mass is 15.2. The van der Waals surface area contributed by atoms with E-state index in [1.54, 1.807) is 0 Å². The number of nitrogens with zero attached hydrogens (tertiary/aromatic N) is 1. The molecule has 2 heteroatoms. The molecule has 1 aliphatic carbocycles. The summed E-state index contributed by atoms with van der Waals surface area (Å²) in [6.07, 6.45) is 7.20. The maximum Gasteiger partial charge on any atom is 0.0253 e. The van der Waals surface area contributed by atoms with Crippen molar-refractivity contribution in [2.45, 2.75) is 64.6 Å². The molecule has 1 aliphatic heterocycles. The molecule has 1 aromatic carbocycles. The summed E-state index contributed by atoms with van der Waals surface area (Å²) < 4.78 is 0. The highest BCUT2D eigenvalue weighted by Crippen LogP contribution is 2.31. The maximum atomic E-state index is 3.71. The van der Waals surface area contributed by atoms with Gasteiger partial charge in [-0.1, -0.05) is 49.1 Å². The van der Waals surface area contributed by atoms with E-state index in [9.17, 15) is 0 Å². The lowest BCUT2D eigenvalue weighted by Gasteiger charge is -2.44. The van der Waals surface area contributed by atoms with Crippen LogP contribution in [0.15, 0.2) is 24.3 Å². The summed E-state index contributed by atoms with van der Waals surface area (Å²) in [6, 6.07) is 10.4. The van der Waals surface area contributed by atoms with Gasteiger partial charge in [0.1, 0.15) is 0 Å². The zero-order valence-corrected chi connectivity index (χ0v) is 13.6. The van der Waals surface area contributed by atoms with Gasteiger partial charge in [0.25, 0.3) is 0 Å². The highest BCUT2D eigenvalue weighted by Gasteiger charge is 2.32. The molecule has 1 aromatic rings. The Morgan fingerprint density at radius 2 is 2.00 bits per heavy atom. The summed E-state index contributed by atoms with van der Waals surface area (Å²) in [5, 5.41) is 3.71. The molecular formula is C19H30N2. The summed E-state index contributed by atoms with van der Waals surface area (Å²) in [5.74, 6) is 0.906. The Morgan fingerprint density at radius 1 is 1.19 bits per heavy atom. The summed E-state index contributed by atoms with van der Waals surface area (Å²) in [4.78, 5) is 2.76. The molecular weight excluding hydrogens is 256 g/mol. The largest absolute Gasteiger partial charge is 0.311 e. The van der Waals surface area contributed by atoms with Crippen molar-refractivity contribution in [2.24, 2.45) is 5.92 Å². The molecule has 2 nitrogen and oxygen atoms in total. The van der Waals surface area contributed by atoms with Gasteiger partial charge in [-0.2, -0.15) is 0 Å². The fraction of sp³-hybridized carbons (Fsp3) is 0.684. The van der Waals surface area contributed by atoms with Gasteiger partial charge >= 0.3 is 0 Å². The third-order valence-electron chi connectivity index (χ3n) is 5.31. The second-order valence-corrected chi connectivity index (χ2v) is 7.19. The van der Waals surface area contributed by atoms with Crippen molar-refractivity contribution >= 4 is 0 Å². The first kappa shape index (κ1) is 15.1. The maximum absolute atomic E-state index is 3.71. The van der Waals surface area contributed by atoms with Crippen LogP contribution < -0.4 is 5.32 Å². The molecule has 0 spiro atoms. The standard InChI is InChI=1S/C19H30N2/c1-15-7-6-8-17(11-15)14-21-13-16(2)20-12-19(21)18-9-4-3-5-10-18/h6-8,11,16,18-20H,3-5,9-10,12-14H2,1-2H3. The molecule has 2 aliphatic rings. The number of hydrogen-bond acceptors (Lipinski definition) is 2. The van der Waals surface area contributed by atoms with Crippen LogP contribution in [0.25, 0.3) is 0 Å². The van der Waals surface area contributed by atoms with Crippen LogP contribution in [-0.2, 0) is 6.54 Å². The van der Waals surface area contributed by atoms with Crippen molar-refractivity contribution in [1.82, 2.24) is 10.2 Å². The molecule has 2 unspecified atom stereocenters. The second-order valence-electron chi connectivity index (χ2n) is 7.19. The number of aryl methyl sites for hydroxylation is 1. The van der Waals surface area contributed by atoms with Crippen LogP contribution in [0.3, 0.4) is 0 Å². The number of benzene rings is 1. The summed E-state index contributed by atoms with van der Waals surface area (Å²) >= 11 is 0. The predicted molar refractivity (Wildman–Crippen MR) is 89.4 cm³/mol. The Morgan fingerprint density at radius 3 is 2.76 bits per heavy atom. The highest BCUT2D eigenvalue weighted by molar-refractivity contribution is 5.22. The van der Waals surface area contributed by atoms with Gasteiger partial charge in [0.05, 0.1) is 0 Å². The monoisotopic (exact) mass is 286 g/mol. The molecule has 1 heterocycles. The van der Waals surface area contributed by atoms with Gasteiger partial charge in [-0.15, -0.1) is 0 Å². The molecule has 116 valence electrons. The SMILES string of the molecule is Cc1cccc(CN2CC(C)NCC2C2CCCCC2)c1. The molecule has 2 fully saturated rings. The van der Waals surface area contributed by atoms with Gasteiger partial charge < -0.3 is 5.32 Å². The summed E-state index contributed by atoms with van der Waals surface area (Å²) in [6.45, 7) is 8.00. The Labute approximate surface area is 129 Å². The third-order valence-corrected chi connectivity index (χ3v) is 5.31. The molecule has 0 aromatic heterocycles. The molecule has 0 radical (unpaired) electrons. The molecule has 1 saturated carbocycles. The van der Waals surface area contributed by atoms with E-state index in [2.05, 4.69) is 48.3 Å². The smallest absolute Gasteiger partial charge is 0.0253 e. The fourth-order valence-corrected chi connectivity index (χ4v) is 4.21. The van der Waals surface area contributed by atoms with E-state index in [0.717, 1.165) is 18.5 Å². The minimum Gasteiger partial charge on any atom is -0.311 e. The first-order valence-electron chi connectivity index (χ1n) is 8.75. The summed E-state index contributed by atoms with van der Waals surface area (Å²) in [7, 11) is 0. The van der Waals surface area contributed by atoms with E-state index < -0.39 is 0 Å². The summed E-state index contributed by atoms with van der Waals surface area (Å²) in [5.41, 5.74) is 2.86. The van der Waals surface area contributed by atoms with Crippen LogP contribution in [0.4, 0.5) is 0 Å². The van der Waals surface area contributed by atoms with Crippen LogP contribution >= 0.6 is 0 Å². The quantitative estimate of drug-likeness (QED) is 0.910. The number of piperazine rings is 1. The van der Waals surface area contributed by atoms with Crippen molar-refractivity contribution in [3.63, 3.8) is 0 Å². The molecule has 2 atom stereocenters. The van der Waals surface area contributed by atoms with E-state index in [-0.39, 0.29) is 0 Å². The normalized spacial score (nSPS) is 28.7. The molecule has 21 heavy (non-hydrogen) atoms. The molecule has 1 saturated heterocycles. The zero-order chi connectivity index (χ0) is 14.7. The van der Waals surface area contributed by atoms with Gasteiger partial charge in [0.15, 0.2) is 0 Å². The molecule has 1 N–H and O–H groups in total. The molecule has 0 bridgehead atoms. The number of hydrogen-bond donors (Lipinski definition) is 1. The van der Waals surface area contributed by atoms with Crippen LogP contribution in [-0.4, -0.2) is 30.1 Å². The fourth-order valence-electron chi connectivity index (χ4n) is 4.21. The van der Waals surface area contributed by atoms with Crippen molar-refractivity contribution in [2.75, 3.05) is 13.1 Å². The average molecular weight is 286 g/mol. The Hall–Kier alpha value is -0.860. The average Bonchev–Trinajstić information content (AvgIpc) is 2.48. The van der Waals surface area contributed by atoms with E-state index in [4.69, 9.17) is 0 Å². The first-order valence-corrected chi connectivity index (χ1v) is 8.75. The van der Waals surface area contributed by atoms with Crippen molar-refractivity contribution in [1.29, 1.82) is 0 Å². The lowest BCUT2D eigenvalue weighted by Crippen LogP contribution is -2.57. The van der Waals surface area contributed by atoms with Gasteiger partial charge in [-0.05, 0) is 38.2 Å². The lowest BCUT2D eigenvalue weighted by molar-refractivity contribution is 0.0689. The van der Waals surface area contributed by atoms with Gasteiger partial charge in [-0.25, -0.2) is 0 Å². The van der Waals surface area contributed by atoms with Crippen molar-refractivity contribution in [3.05, 3.63) is 35.4 Å². The molecule has 3 rings (SSSR count). The number of nitrogens with one attached hydrogen (secondary N) is 1. The van der Waals surface area contributed by atoms with Crippen LogP contribution in [0.1, 0.15) is 50.2 Å². The van der Waals surface area contributed by atoms with E-state index in [1.807, 2.05) is 0 Å². The van der Waals surface area contributed by atoms with E-state index in [1.165, 1.54) is 56.3 Å².